The molecule has 2 rings (SSSR count). The van der Waals surface area contributed by atoms with Crippen molar-refractivity contribution >= 4 is 0 Å². The van der Waals surface area contributed by atoms with Crippen LogP contribution in [0.5, 0.6) is 0 Å². The minimum absolute atomic E-state index is 0.339. The molecule has 100 valence electrons. The number of rotatable bonds is 3. The van der Waals surface area contributed by atoms with Gasteiger partial charge in [0.1, 0.15) is 6.33 Å². The Bertz CT molecular complexity index is 411. The highest BCUT2D eigenvalue weighted by molar-refractivity contribution is 5.31. The van der Waals surface area contributed by atoms with Crippen molar-refractivity contribution in [1.82, 2.24) is 9.97 Å². The van der Waals surface area contributed by atoms with Gasteiger partial charge in [0.15, 0.2) is 0 Å². The van der Waals surface area contributed by atoms with Gasteiger partial charge in [0.25, 0.3) is 0 Å². The van der Waals surface area contributed by atoms with Crippen LogP contribution in [0.15, 0.2) is 12.5 Å². The first-order chi connectivity index (χ1) is 8.54. The van der Waals surface area contributed by atoms with Crippen LogP contribution in [-0.2, 0) is 0 Å². The molecule has 0 aliphatic heterocycles. The summed E-state index contributed by atoms with van der Waals surface area (Å²) in [5.74, 6) is 1.89. The van der Waals surface area contributed by atoms with Crippen molar-refractivity contribution in [3.05, 3.63) is 23.8 Å². The molecule has 3 atom stereocenters. The van der Waals surface area contributed by atoms with Crippen molar-refractivity contribution in [2.75, 3.05) is 0 Å². The lowest BCUT2D eigenvalue weighted by Crippen LogP contribution is -2.39. The number of hydrogen-bond donors (Lipinski definition) is 0. The Morgan fingerprint density at radius 3 is 2.61 bits per heavy atom. The van der Waals surface area contributed by atoms with E-state index in [1.54, 1.807) is 6.33 Å². The summed E-state index contributed by atoms with van der Waals surface area (Å²) in [4.78, 5) is 8.87. The van der Waals surface area contributed by atoms with Gasteiger partial charge < -0.3 is 0 Å². The van der Waals surface area contributed by atoms with Crippen LogP contribution < -0.4 is 0 Å². The first kappa shape index (κ1) is 13.5. The molecule has 1 aromatic rings. The molecule has 0 spiro atoms. The predicted molar refractivity (Wildman–Crippen MR) is 75.7 cm³/mol. The van der Waals surface area contributed by atoms with Crippen molar-refractivity contribution in [3.8, 4) is 0 Å². The van der Waals surface area contributed by atoms with Crippen molar-refractivity contribution in [2.45, 2.75) is 65.7 Å². The average molecular weight is 246 g/mol. The van der Waals surface area contributed by atoms with Gasteiger partial charge in [-0.2, -0.15) is 0 Å². The fourth-order valence-electron chi connectivity index (χ4n) is 4.14. The van der Waals surface area contributed by atoms with Gasteiger partial charge in [0.2, 0.25) is 0 Å². The second-order valence-corrected chi connectivity index (χ2v) is 6.33. The predicted octanol–water partition coefficient (Wildman–Crippen LogP) is 4.53. The maximum atomic E-state index is 4.62. The molecule has 18 heavy (non-hydrogen) atoms. The Morgan fingerprint density at radius 1 is 1.28 bits per heavy atom. The summed E-state index contributed by atoms with van der Waals surface area (Å²) in [6.07, 6.45) is 7.47. The Morgan fingerprint density at radius 2 is 2.00 bits per heavy atom. The summed E-state index contributed by atoms with van der Waals surface area (Å²) in [7, 11) is 0. The van der Waals surface area contributed by atoms with Gasteiger partial charge in [-0.15, -0.1) is 0 Å². The zero-order chi connectivity index (χ0) is 13.3. The van der Waals surface area contributed by atoms with E-state index in [1.807, 2.05) is 6.20 Å². The number of hydrogen-bond acceptors (Lipinski definition) is 2. The average Bonchev–Trinajstić information content (AvgIpc) is 2.35. The number of fused-ring (bicyclic) bond motifs is 1. The molecule has 1 heterocycles. The highest BCUT2D eigenvalue weighted by Crippen LogP contribution is 2.55. The minimum atomic E-state index is 0.339. The summed E-state index contributed by atoms with van der Waals surface area (Å²) in [6.45, 7) is 11.8. The van der Waals surface area contributed by atoms with Crippen LogP contribution in [0.1, 0.15) is 77.0 Å². The van der Waals surface area contributed by atoms with Crippen LogP contribution in [-0.4, -0.2) is 9.97 Å². The van der Waals surface area contributed by atoms with Crippen LogP contribution in [0.2, 0.25) is 0 Å². The van der Waals surface area contributed by atoms with Gasteiger partial charge in [-0.3, -0.25) is 0 Å². The van der Waals surface area contributed by atoms with E-state index in [0.717, 1.165) is 5.92 Å². The Kier molecular flexibility index (Phi) is 3.74. The molecule has 1 aromatic heterocycles. The van der Waals surface area contributed by atoms with Crippen molar-refractivity contribution in [3.63, 3.8) is 0 Å². The Hall–Kier alpha value is -0.920. The first-order valence-corrected chi connectivity index (χ1v) is 7.33. The van der Waals surface area contributed by atoms with E-state index in [9.17, 15) is 0 Å². The number of nitrogens with zero attached hydrogens (tertiary/aromatic N) is 2. The molecule has 1 aliphatic carbocycles. The maximum Gasteiger partial charge on any atom is 0.115 e. The van der Waals surface area contributed by atoms with Gasteiger partial charge in [-0.25, -0.2) is 9.97 Å². The second-order valence-electron chi connectivity index (χ2n) is 6.33. The molecule has 0 radical (unpaired) electrons. The summed E-state index contributed by atoms with van der Waals surface area (Å²) in [5, 5.41) is 0. The topological polar surface area (TPSA) is 25.8 Å². The van der Waals surface area contributed by atoms with E-state index >= 15 is 0 Å². The molecule has 0 bridgehead atoms. The molecular weight excluding hydrogens is 220 g/mol. The van der Waals surface area contributed by atoms with E-state index in [0.29, 0.717) is 17.3 Å². The third-order valence-electron chi connectivity index (χ3n) is 5.07. The summed E-state index contributed by atoms with van der Waals surface area (Å²) >= 11 is 0. The van der Waals surface area contributed by atoms with Gasteiger partial charge in [-0.1, -0.05) is 47.5 Å². The molecule has 0 N–H and O–H groups in total. The molecule has 0 saturated heterocycles. The van der Waals surface area contributed by atoms with Crippen molar-refractivity contribution < 1.29 is 0 Å². The van der Waals surface area contributed by atoms with Crippen molar-refractivity contribution in [2.24, 2.45) is 11.3 Å². The fraction of sp³-hybridized carbons (Fsp3) is 0.750. The van der Waals surface area contributed by atoms with Gasteiger partial charge in [0, 0.05) is 12.1 Å². The summed E-state index contributed by atoms with van der Waals surface area (Å²) in [5.41, 5.74) is 3.04. The zero-order valence-electron chi connectivity index (χ0n) is 12.4. The second kappa shape index (κ2) is 4.99. The third kappa shape index (κ3) is 1.96. The molecule has 0 aromatic carbocycles. The molecule has 0 amide bonds. The molecule has 2 nitrogen and oxygen atoms in total. The lowest BCUT2D eigenvalue weighted by atomic mass is 9.56. The first-order valence-electron chi connectivity index (χ1n) is 7.33. The van der Waals surface area contributed by atoms with E-state index in [-0.39, 0.29) is 0 Å². The fourth-order valence-corrected chi connectivity index (χ4v) is 4.14. The highest BCUT2D eigenvalue weighted by atomic mass is 14.8. The lowest BCUT2D eigenvalue weighted by Gasteiger charge is -2.48. The van der Waals surface area contributed by atoms with Gasteiger partial charge in [-0.05, 0) is 29.2 Å². The van der Waals surface area contributed by atoms with E-state index in [2.05, 4.69) is 44.6 Å². The maximum absolute atomic E-state index is 4.62. The molecule has 0 fully saturated rings. The Labute approximate surface area is 111 Å². The monoisotopic (exact) mass is 246 g/mol. The van der Waals surface area contributed by atoms with Crippen LogP contribution in [0.3, 0.4) is 0 Å². The standard InChI is InChI=1S/C16H26N2/c1-6-8-14-15-12(9-17-10-18-15)11(3)13(7-2)16(14,4)5/h9-11,13-14H,6-8H2,1-5H3/t11?,13-,14?/m0/s1. The molecule has 0 saturated carbocycles. The quantitative estimate of drug-likeness (QED) is 0.783. The van der Waals surface area contributed by atoms with Crippen molar-refractivity contribution in [1.29, 1.82) is 0 Å². The van der Waals surface area contributed by atoms with E-state index in [4.69, 9.17) is 0 Å². The smallest absolute Gasteiger partial charge is 0.115 e. The third-order valence-corrected chi connectivity index (χ3v) is 5.07. The SMILES string of the molecule is CCCC1c2ncncc2C(C)[C@H](CC)C1(C)C. The van der Waals surface area contributed by atoms with E-state index in [1.165, 1.54) is 30.5 Å². The highest BCUT2D eigenvalue weighted by Gasteiger charge is 2.45. The van der Waals surface area contributed by atoms with Crippen LogP contribution >= 0.6 is 0 Å². The summed E-state index contributed by atoms with van der Waals surface area (Å²) in [6, 6.07) is 0. The molecule has 1 aliphatic rings. The molecule has 2 heteroatoms. The minimum Gasteiger partial charge on any atom is -0.245 e. The molecule has 2 unspecified atom stereocenters. The number of aromatic nitrogens is 2. The summed E-state index contributed by atoms with van der Waals surface area (Å²) < 4.78 is 0. The normalized spacial score (nSPS) is 29.9. The van der Waals surface area contributed by atoms with E-state index < -0.39 is 0 Å². The van der Waals surface area contributed by atoms with Gasteiger partial charge >= 0.3 is 0 Å². The van der Waals surface area contributed by atoms with Crippen LogP contribution in [0.4, 0.5) is 0 Å². The van der Waals surface area contributed by atoms with Crippen LogP contribution in [0, 0.1) is 11.3 Å². The van der Waals surface area contributed by atoms with Gasteiger partial charge in [0.05, 0.1) is 5.69 Å². The Balaban J connectivity index is 2.53. The largest absolute Gasteiger partial charge is 0.245 e. The van der Waals surface area contributed by atoms with Crippen LogP contribution in [0.25, 0.3) is 0 Å². The molecular formula is C16H26N2. The lowest BCUT2D eigenvalue weighted by molar-refractivity contribution is 0.108. The zero-order valence-corrected chi connectivity index (χ0v) is 12.4.